The minimum Gasteiger partial charge on any atom is -0.480 e. The Morgan fingerprint density at radius 2 is 2.18 bits per heavy atom. The maximum absolute atomic E-state index is 11.4. The molecule has 0 radical (unpaired) electrons. The molecule has 1 aromatic carbocycles. The quantitative estimate of drug-likeness (QED) is 0.582. The molecule has 90 valence electrons. The topological polar surface area (TPSA) is 52.6 Å². The van der Waals surface area contributed by atoms with E-state index in [9.17, 15) is 9.90 Å². The minimum atomic E-state index is -0.937. The summed E-state index contributed by atoms with van der Waals surface area (Å²) >= 11 is 10.6. The summed E-state index contributed by atoms with van der Waals surface area (Å²) in [6.07, 6.45) is 0. The Hall–Kier alpha value is -0.760. The second-order valence-corrected chi connectivity index (χ2v) is 6.00. The van der Waals surface area contributed by atoms with Crippen LogP contribution in [0.5, 0.6) is 0 Å². The first kappa shape index (κ1) is 12.7. The molecule has 0 aromatic heterocycles. The molecule has 0 saturated carbocycles. The molecule has 1 heterocycles. The van der Waals surface area contributed by atoms with Gasteiger partial charge in [-0.1, -0.05) is 54.3 Å². The van der Waals surface area contributed by atoms with E-state index in [-0.39, 0.29) is 4.71 Å². The number of carbonyl (C=O) groups is 1. The largest absolute Gasteiger partial charge is 0.480 e. The summed E-state index contributed by atoms with van der Waals surface area (Å²) < 4.78 is 0.232. The highest BCUT2D eigenvalue weighted by molar-refractivity contribution is 8.28. The fourth-order valence-electron chi connectivity index (χ4n) is 1.59. The first-order valence-corrected chi connectivity index (χ1v) is 6.61. The average Bonchev–Trinajstić information content (AvgIpc) is 2.59. The summed E-state index contributed by atoms with van der Waals surface area (Å²) in [7, 11) is 0. The Balaban J connectivity index is 2.30. The van der Waals surface area contributed by atoms with Gasteiger partial charge in [-0.05, 0) is 5.56 Å². The summed E-state index contributed by atoms with van der Waals surface area (Å²) in [5.74, 6) is -0.937. The Morgan fingerprint density at radius 3 is 2.65 bits per heavy atom. The molecule has 0 amide bonds. The van der Waals surface area contributed by atoms with Crippen LogP contribution in [0.3, 0.4) is 0 Å². The van der Waals surface area contributed by atoms with E-state index in [1.807, 2.05) is 6.07 Å². The lowest BCUT2D eigenvalue weighted by Gasteiger charge is -2.26. The number of thiol groups is 1. The number of thioether (sulfide) groups is 1. The average molecular weight is 286 g/mol. The first-order valence-electron chi connectivity index (χ1n) is 4.81. The molecule has 2 N–H and O–H groups in total. The predicted octanol–water partition coefficient (Wildman–Crippen LogP) is 1.86. The van der Waals surface area contributed by atoms with Crippen molar-refractivity contribution in [3.05, 3.63) is 35.9 Å². The van der Waals surface area contributed by atoms with E-state index >= 15 is 0 Å². The molecule has 4 nitrogen and oxygen atoms in total. The van der Waals surface area contributed by atoms with Gasteiger partial charge in [0.05, 0.1) is 0 Å². The standard InChI is InChI=1S/C10H10N2O2S3/c13-8(14)7(6-4-2-1-3-5-6)12-10(16)17-9(15)11-12/h1-5,7,10,16H,(H,11,15)(H,13,14). The SMILES string of the molecule is O=C(O)C(c1ccccc1)N1NC(=S)SC1S. The molecule has 7 heteroatoms. The van der Waals surface area contributed by atoms with E-state index in [1.54, 1.807) is 24.3 Å². The van der Waals surface area contributed by atoms with Crippen LogP contribution in [0.4, 0.5) is 0 Å². The molecule has 0 aliphatic carbocycles. The van der Waals surface area contributed by atoms with Crippen molar-refractivity contribution in [3.8, 4) is 0 Å². The van der Waals surface area contributed by atoms with E-state index < -0.39 is 12.0 Å². The van der Waals surface area contributed by atoms with Gasteiger partial charge in [0.1, 0.15) is 4.71 Å². The van der Waals surface area contributed by atoms with Crippen LogP contribution < -0.4 is 5.43 Å². The van der Waals surface area contributed by atoms with Crippen LogP contribution in [0.1, 0.15) is 11.6 Å². The van der Waals surface area contributed by atoms with Crippen LogP contribution in [0, 0.1) is 0 Å². The normalized spacial score (nSPS) is 22.2. The Kier molecular flexibility index (Phi) is 3.93. The zero-order valence-electron chi connectivity index (χ0n) is 8.61. The van der Waals surface area contributed by atoms with E-state index in [1.165, 1.54) is 16.8 Å². The van der Waals surface area contributed by atoms with E-state index in [4.69, 9.17) is 12.2 Å². The number of hydrogen-bond donors (Lipinski definition) is 3. The fourth-order valence-corrected chi connectivity index (χ4v) is 3.33. The highest BCUT2D eigenvalue weighted by atomic mass is 32.2. The predicted molar refractivity (Wildman–Crippen MR) is 74.8 cm³/mol. The smallest absolute Gasteiger partial charge is 0.327 e. The number of hydrogen-bond acceptors (Lipinski definition) is 5. The van der Waals surface area contributed by atoms with Gasteiger partial charge in [-0.25, -0.2) is 0 Å². The summed E-state index contributed by atoms with van der Waals surface area (Å²) in [5.41, 5.74) is 3.55. The molecule has 17 heavy (non-hydrogen) atoms. The number of nitrogens with zero attached hydrogens (tertiary/aromatic N) is 1. The summed E-state index contributed by atoms with van der Waals surface area (Å²) in [5, 5.41) is 10.9. The maximum atomic E-state index is 11.4. The Labute approximate surface area is 114 Å². The van der Waals surface area contributed by atoms with Gasteiger partial charge < -0.3 is 10.5 Å². The van der Waals surface area contributed by atoms with Crippen LogP contribution in [0.25, 0.3) is 0 Å². The van der Waals surface area contributed by atoms with Crippen molar-refractivity contribution in [2.24, 2.45) is 0 Å². The molecular weight excluding hydrogens is 276 g/mol. The van der Waals surface area contributed by atoms with E-state index in [0.29, 0.717) is 9.88 Å². The van der Waals surface area contributed by atoms with Gasteiger partial charge in [0, 0.05) is 0 Å². The number of carboxylic acid groups (broad SMARTS) is 1. The van der Waals surface area contributed by atoms with E-state index in [0.717, 1.165) is 0 Å². The molecule has 0 spiro atoms. The lowest BCUT2D eigenvalue weighted by Crippen LogP contribution is -2.42. The zero-order chi connectivity index (χ0) is 12.4. The molecule has 1 fully saturated rings. The second-order valence-electron chi connectivity index (χ2n) is 3.40. The fraction of sp³-hybridized carbons (Fsp3) is 0.200. The second kappa shape index (κ2) is 5.26. The number of carboxylic acids is 1. The van der Waals surface area contributed by atoms with Crippen LogP contribution in [0.15, 0.2) is 30.3 Å². The van der Waals surface area contributed by atoms with Crippen molar-refractivity contribution in [3.63, 3.8) is 0 Å². The van der Waals surface area contributed by atoms with Crippen molar-refractivity contribution >= 4 is 46.9 Å². The van der Waals surface area contributed by atoms with Gasteiger partial charge in [-0.15, -0.1) is 12.6 Å². The molecular formula is C10H10N2O2S3. The van der Waals surface area contributed by atoms with E-state index in [2.05, 4.69) is 18.1 Å². The van der Waals surface area contributed by atoms with Gasteiger partial charge in [0.15, 0.2) is 10.4 Å². The zero-order valence-corrected chi connectivity index (χ0v) is 11.1. The van der Waals surface area contributed by atoms with Crippen LogP contribution in [-0.4, -0.2) is 25.1 Å². The molecule has 2 rings (SSSR count). The summed E-state index contributed by atoms with van der Waals surface area (Å²) in [6.45, 7) is 0. The van der Waals surface area contributed by atoms with Crippen molar-refractivity contribution in [2.45, 2.75) is 10.7 Å². The Bertz CT molecular complexity index is 440. The van der Waals surface area contributed by atoms with Crippen molar-refractivity contribution in [1.29, 1.82) is 0 Å². The van der Waals surface area contributed by atoms with Gasteiger partial charge in [0.25, 0.3) is 0 Å². The molecule has 2 unspecified atom stereocenters. The number of rotatable bonds is 3. The lowest BCUT2D eigenvalue weighted by atomic mass is 10.1. The monoisotopic (exact) mass is 286 g/mol. The lowest BCUT2D eigenvalue weighted by molar-refractivity contribution is -0.144. The third kappa shape index (κ3) is 2.74. The number of thiocarbonyl (C=S) groups is 1. The van der Waals surface area contributed by atoms with Crippen LogP contribution in [-0.2, 0) is 4.79 Å². The Morgan fingerprint density at radius 1 is 1.53 bits per heavy atom. The first-order chi connectivity index (χ1) is 8.09. The molecule has 1 aliphatic rings. The van der Waals surface area contributed by atoms with Crippen molar-refractivity contribution < 1.29 is 9.90 Å². The summed E-state index contributed by atoms with van der Waals surface area (Å²) in [4.78, 5) is 11.4. The molecule has 1 aliphatic heterocycles. The molecule has 1 aromatic rings. The third-order valence-electron chi connectivity index (χ3n) is 2.30. The number of nitrogens with one attached hydrogen (secondary N) is 1. The highest BCUT2D eigenvalue weighted by Gasteiger charge is 2.37. The van der Waals surface area contributed by atoms with Crippen molar-refractivity contribution in [1.82, 2.24) is 10.4 Å². The number of aliphatic carboxylic acids is 1. The van der Waals surface area contributed by atoms with Crippen LogP contribution in [0.2, 0.25) is 0 Å². The third-order valence-corrected chi connectivity index (χ3v) is 3.99. The molecule has 2 atom stereocenters. The molecule has 0 bridgehead atoms. The highest BCUT2D eigenvalue weighted by Crippen LogP contribution is 2.33. The van der Waals surface area contributed by atoms with Crippen molar-refractivity contribution in [2.75, 3.05) is 0 Å². The number of benzene rings is 1. The van der Waals surface area contributed by atoms with Gasteiger partial charge in [0.2, 0.25) is 0 Å². The maximum Gasteiger partial charge on any atom is 0.327 e. The summed E-state index contributed by atoms with van der Waals surface area (Å²) in [6, 6.07) is 8.20. The van der Waals surface area contributed by atoms with Crippen LogP contribution >= 0.6 is 36.6 Å². The van der Waals surface area contributed by atoms with Gasteiger partial charge in [-0.2, -0.15) is 5.01 Å². The number of hydrazine groups is 1. The van der Waals surface area contributed by atoms with Gasteiger partial charge in [-0.3, -0.25) is 4.79 Å². The minimum absolute atomic E-state index is 0.302. The molecule has 1 saturated heterocycles. The van der Waals surface area contributed by atoms with Gasteiger partial charge >= 0.3 is 5.97 Å².